The van der Waals surface area contributed by atoms with Crippen molar-refractivity contribution in [2.24, 2.45) is 11.8 Å². The Bertz CT molecular complexity index is 839. The van der Waals surface area contributed by atoms with Crippen LogP contribution in [0.2, 0.25) is 5.02 Å². The van der Waals surface area contributed by atoms with Crippen LogP contribution in [0.15, 0.2) is 30.4 Å². The fourth-order valence-corrected chi connectivity index (χ4v) is 4.58. The second kappa shape index (κ2) is 8.16. The molecule has 4 rings (SSSR count). The van der Waals surface area contributed by atoms with E-state index >= 15 is 0 Å². The van der Waals surface area contributed by atoms with E-state index in [0.29, 0.717) is 49.9 Å². The first-order chi connectivity index (χ1) is 14.0. The van der Waals surface area contributed by atoms with E-state index in [-0.39, 0.29) is 23.7 Å². The van der Waals surface area contributed by atoms with Crippen LogP contribution in [0.3, 0.4) is 0 Å². The average Bonchev–Trinajstić information content (AvgIpc) is 2.99. The number of allylic oxidation sites excluding steroid dienone is 2. The fourth-order valence-electron chi connectivity index (χ4n) is 4.29. The first-order valence-electron chi connectivity index (χ1n) is 9.93. The Morgan fingerprint density at radius 3 is 2.38 bits per heavy atom. The number of imide groups is 1. The smallest absolute Gasteiger partial charge is 0.247 e. The highest BCUT2D eigenvalue weighted by atomic mass is 35.5. The standard InChI is InChI=1S/C21H24ClN3O4/c1-13(25-20(27)14-5-2-3-6-15(14)21(25)28)19(26)23-17-8-4-7-16(22)18(17)24-9-11-29-12-10-24/h2-4,7-8,13-15H,5-6,9-12H2,1H3,(H,23,26)/t13-,14-,15+/m1/s1. The number of hydrogen-bond donors (Lipinski definition) is 1. The molecule has 1 aromatic carbocycles. The molecule has 1 aromatic rings. The maximum atomic E-state index is 13.0. The summed E-state index contributed by atoms with van der Waals surface area (Å²) < 4.78 is 5.40. The zero-order chi connectivity index (χ0) is 20.5. The van der Waals surface area contributed by atoms with E-state index in [4.69, 9.17) is 16.3 Å². The highest BCUT2D eigenvalue weighted by Crippen LogP contribution is 2.37. The summed E-state index contributed by atoms with van der Waals surface area (Å²) in [5, 5.41) is 3.41. The third kappa shape index (κ3) is 3.65. The second-order valence-electron chi connectivity index (χ2n) is 7.60. The first-order valence-corrected chi connectivity index (χ1v) is 10.3. The van der Waals surface area contributed by atoms with Crippen LogP contribution < -0.4 is 10.2 Å². The van der Waals surface area contributed by atoms with Gasteiger partial charge < -0.3 is 15.0 Å². The number of para-hydroxylation sites is 1. The number of carbonyl (C=O) groups is 3. The Hall–Kier alpha value is -2.38. The zero-order valence-electron chi connectivity index (χ0n) is 16.3. The summed E-state index contributed by atoms with van der Waals surface area (Å²) in [4.78, 5) is 41.7. The van der Waals surface area contributed by atoms with Gasteiger partial charge in [-0.05, 0) is 31.9 Å². The maximum Gasteiger partial charge on any atom is 0.247 e. The highest BCUT2D eigenvalue weighted by molar-refractivity contribution is 6.34. The number of fused-ring (bicyclic) bond motifs is 1. The molecule has 0 saturated carbocycles. The molecule has 7 nitrogen and oxygen atoms in total. The normalized spacial score (nSPS) is 25.2. The van der Waals surface area contributed by atoms with Crippen molar-refractivity contribution < 1.29 is 19.1 Å². The number of amides is 3. The highest BCUT2D eigenvalue weighted by Gasteiger charge is 2.50. The fraction of sp³-hybridized carbons (Fsp3) is 0.476. The lowest BCUT2D eigenvalue weighted by Gasteiger charge is -2.31. The molecule has 0 spiro atoms. The number of morpholine rings is 1. The quantitative estimate of drug-likeness (QED) is 0.601. The monoisotopic (exact) mass is 417 g/mol. The summed E-state index contributed by atoms with van der Waals surface area (Å²) in [5.41, 5.74) is 1.30. The average molecular weight is 418 g/mol. The molecule has 29 heavy (non-hydrogen) atoms. The van der Waals surface area contributed by atoms with E-state index in [0.717, 1.165) is 10.6 Å². The number of rotatable bonds is 4. The summed E-state index contributed by atoms with van der Waals surface area (Å²) in [6, 6.07) is 4.42. The maximum absolute atomic E-state index is 13.0. The van der Waals surface area contributed by atoms with E-state index in [1.807, 2.05) is 12.2 Å². The first kappa shape index (κ1) is 19.9. The zero-order valence-corrected chi connectivity index (χ0v) is 17.0. The molecule has 2 aliphatic heterocycles. The van der Waals surface area contributed by atoms with Crippen LogP contribution in [-0.2, 0) is 19.1 Å². The van der Waals surface area contributed by atoms with Crippen molar-refractivity contribution in [3.63, 3.8) is 0 Å². The number of carbonyl (C=O) groups excluding carboxylic acids is 3. The Morgan fingerprint density at radius 1 is 1.14 bits per heavy atom. The van der Waals surface area contributed by atoms with Gasteiger partial charge in [-0.3, -0.25) is 19.3 Å². The second-order valence-corrected chi connectivity index (χ2v) is 8.01. The summed E-state index contributed by atoms with van der Waals surface area (Å²) in [6.45, 7) is 4.10. The number of ether oxygens (including phenoxy) is 1. The Kier molecular flexibility index (Phi) is 5.61. The molecule has 0 aromatic heterocycles. The van der Waals surface area contributed by atoms with Crippen LogP contribution >= 0.6 is 11.6 Å². The van der Waals surface area contributed by atoms with Crippen LogP contribution in [0.25, 0.3) is 0 Å². The Morgan fingerprint density at radius 2 is 1.76 bits per heavy atom. The van der Waals surface area contributed by atoms with Gasteiger partial charge in [0, 0.05) is 13.1 Å². The van der Waals surface area contributed by atoms with Crippen molar-refractivity contribution >= 4 is 40.7 Å². The van der Waals surface area contributed by atoms with Crippen LogP contribution in [-0.4, -0.2) is 55.0 Å². The molecule has 3 aliphatic rings. The topological polar surface area (TPSA) is 79.0 Å². The van der Waals surface area contributed by atoms with E-state index in [9.17, 15) is 14.4 Å². The van der Waals surface area contributed by atoms with Gasteiger partial charge in [-0.1, -0.05) is 29.8 Å². The minimum Gasteiger partial charge on any atom is -0.378 e. The van der Waals surface area contributed by atoms with Gasteiger partial charge in [0.25, 0.3) is 0 Å². The molecule has 8 heteroatoms. The molecular formula is C21H24ClN3O4. The van der Waals surface area contributed by atoms with Crippen LogP contribution in [0, 0.1) is 11.8 Å². The number of nitrogens with one attached hydrogen (secondary N) is 1. The van der Waals surface area contributed by atoms with Crippen LogP contribution in [0.4, 0.5) is 11.4 Å². The molecule has 0 unspecified atom stereocenters. The van der Waals surface area contributed by atoms with Crippen molar-refractivity contribution in [3.05, 3.63) is 35.4 Å². The van der Waals surface area contributed by atoms with Crippen LogP contribution in [0.1, 0.15) is 19.8 Å². The Balaban J connectivity index is 1.53. The predicted octanol–water partition coefficient (Wildman–Crippen LogP) is 2.45. The lowest BCUT2D eigenvalue weighted by Crippen LogP contribution is -2.46. The minimum atomic E-state index is -0.892. The third-order valence-electron chi connectivity index (χ3n) is 5.88. The minimum absolute atomic E-state index is 0.258. The van der Waals surface area contributed by atoms with Crippen molar-refractivity contribution in [2.75, 3.05) is 36.5 Å². The molecule has 2 heterocycles. The molecule has 3 atom stereocenters. The number of anilines is 2. The molecule has 1 N–H and O–H groups in total. The van der Waals surface area contributed by atoms with E-state index < -0.39 is 11.9 Å². The molecule has 0 radical (unpaired) electrons. The number of halogens is 1. The van der Waals surface area contributed by atoms with Crippen LogP contribution in [0.5, 0.6) is 0 Å². The molecule has 3 amide bonds. The number of likely N-dealkylation sites (tertiary alicyclic amines) is 1. The van der Waals surface area contributed by atoms with Crippen molar-refractivity contribution in [1.82, 2.24) is 4.90 Å². The van der Waals surface area contributed by atoms with Gasteiger partial charge >= 0.3 is 0 Å². The summed E-state index contributed by atoms with van der Waals surface area (Å²) in [7, 11) is 0. The molecule has 154 valence electrons. The van der Waals surface area contributed by atoms with Gasteiger partial charge in [-0.15, -0.1) is 0 Å². The molecular weight excluding hydrogens is 394 g/mol. The lowest BCUT2D eigenvalue weighted by molar-refractivity contribution is -0.146. The van der Waals surface area contributed by atoms with E-state index in [2.05, 4.69) is 10.2 Å². The lowest BCUT2D eigenvalue weighted by atomic mass is 9.85. The van der Waals surface area contributed by atoms with Gasteiger partial charge in [0.15, 0.2) is 0 Å². The van der Waals surface area contributed by atoms with Crippen molar-refractivity contribution in [1.29, 1.82) is 0 Å². The molecule has 2 fully saturated rings. The molecule has 1 aliphatic carbocycles. The van der Waals surface area contributed by atoms with Gasteiger partial charge in [0.2, 0.25) is 17.7 Å². The number of hydrogen-bond acceptors (Lipinski definition) is 5. The van der Waals surface area contributed by atoms with E-state index in [1.54, 1.807) is 25.1 Å². The molecule has 0 bridgehead atoms. The van der Waals surface area contributed by atoms with Gasteiger partial charge in [0.05, 0.1) is 41.4 Å². The predicted molar refractivity (Wildman–Crippen MR) is 110 cm³/mol. The largest absolute Gasteiger partial charge is 0.378 e. The van der Waals surface area contributed by atoms with Gasteiger partial charge in [0.1, 0.15) is 6.04 Å². The van der Waals surface area contributed by atoms with Gasteiger partial charge in [-0.25, -0.2) is 0 Å². The SMILES string of the molecule is C[C@H](C(=O)Nc1cccc(Cl)c1N1CCOCC1)N1C(=O)[C@H]2CC=CC[C@H]2C1=O. The summed E-state index contributed by atoms with van der Waals surface area (Å²) in [5.74, 6) is -1.62. The number of benzene rings is 1. The van der Waals surface area contributed by atoms with Crippen molar-refractivity contribution in [2.45, 2.75) is 25.8 Å². The Labute approximate surface area is 174 Å². The van der Waals surface area contributed by atoms with Gasteiger partial charge in [-0.2, -0.15) is 0 Å². The molecule has 2 saturated heterocycles. The summed E-state index contributed by atoms with van der Waals surface area (Å²) in [6.07, 6.45) is 4.97. The third-order valence-corrected chi connectivity index (χ3v) is 6.19. The van der Waals surface area contributed by atoms with E-state index in [1.165, 1.54) is 0 Å². The summed E-state index contributed by atoms with van der Waals surface area (Å²) >= 11 is 6.42. The number of nitrogens with zero attached hydrogens (tertiary/aromatic N) is 2. The van der Waals surface area contributed by atoms with Crippen molar-refractivity contribution in [3.8, 4) is 0 Å².